The predicted molar refractivity (Wildman–Crippen MR) is 114 cm³/mol. The molecule has 2 aromatic carbocycles. The Hall–Kier alpha value is -3.47. The molecule has 1 aliphatic heterocycles. The lowest BCUT2D eigenvalue weighted by Crippen LogP contribution is -2.36. The SMILES string of the molecule is CCc1ccc(NC(=O)c2ccnc(C(=O)N3CCCc4ccccc43)c2)cc1. The number of aromatic nitrogens is 1. The van der Waals surface area contributed by atoms with Crippen LogP contribution < -0.4 is 10.2 Å². The Bertz CT molecular complexity index is 1040. The van der Waals surface area contributed by atoms with Gasteiger partial charge in [-0.2, -0.15) is 0 Å². The number of para-hydroxylation sites is 1. The number of pyridine rings is 1. The van der Waals surface area contributed by atoms with Crippen LogP contribution in [0.4, 0.5) is 11.4 Å². The van der Waals surface area contributed by atoms with Gasteiger partial charge in [0, 0.05) is 29.7 Å². The number of nitrogens with one attached hydrogen (secondary N) is 1. The molecule has 3 aromatic rings. The first-order chi connectivity index (χ1) is 14.2. The van der Waals surface area contributed by atoms with Crippen molar-refractivity contribution in [2.75, 3.05) is 16.8 Å². The van der Waals surface area contributed by atoms with Gasteiger partial charge >= 0.3 is 0 Å². The number of aryl methyl sites for hydroxylation is 2. The van der Waals surface area contributed by atoms with Crippen molar-refractivity contribution in [1.82, 2.24) is 4.98 Å². The van der Waals surface area contributed by atoms with Crippen LogP contribution in [0.3, 0.4) is 0 Å². The summed E-state index contributed by atoms with van der Waals surface area (Å²) in [6.45, 7) is 2.74. The van der Waals surface area contributed by atoms with E-state index >= 15 is 0 Å². The van der Waals surface area contributed by atoms with Crippen molar-refractivity contribution in [2.45, 2.75) is 26.2 Å². The molecule has 0 aliphatic carbocycles. The van der Waals surface area contributed by atoms with Gasteiger partial charge in [-0.05, 0) is 60.7 Å². The number of fused-ring (bicyclic) bond motifs is 1. The van der Waals surface area contributed by atoms with Crippen molar-refractivity contribution >= 4 is 23.2 Å². The second-order valence-corrected chi connectivity index (χ2v) is 7.12. The summed E-state index contributed by atoms with van der Waals surface area (Å²) in [4.78, 5) is 31.7. The lowest BCUT2D eigenvalue weighted by molar-refractivity contribution is 0.0980. The predicted octanol–water partition coefficient (Wildman–Crippen LogP) is 4.49. The van der Waals surface area contributed by atoms with E-state index in [0.717, 1.165) is 36.2 Å². The first-order valence-corrected chi connectivity index (χ1v) is 9.92. The van der Waals surface area contributed by atoms with Gasteiger partial charge in [0.2, 0.25) is 0 Å². The topological polar surface area (TPSA) is 62.3 Å². The van der Waals surface area contributed by atoms with Gasteiger partial charge in [-0.15, -0.1) is 0 Å². The third-order valence-corrected chi connectivity index (χ3v) is 5.22. The van der Waals surface area contributed by atoms with Gasteiger partial charge in [-0.1, -0.05) is 37.3 Å². The molecule has 29 heavy (non-hydrogen) atoms. The van der Waals surface area contributed by atoms with Gasteiger partial charge in [0.25, 0.3) is 11.8 Å². The fourth-order valence-electron chi connectivity index (χ4n) is 3.60. The molecular formula is C24H23N3O2. The molecule has 1 N–H and O–H groups in total. The third kappa shape index (κ3) is 4.04. The Balaban J connectivity index is 1.54. The summed E-state index contributed by atoms with van der Waals surface area (Å²) in [6, 6.07) is 18.9. The summed E-state index contributed by atoms with van der Waals surface area (Å²) >= 11 is 0. The van der Waals surface area contributed by atoms with Crippen molar-refractivity contribution < 1.29 is 9.59 Å². The number of amides is 2. The van der Waals surface area contributed by atoms with E-state index in [2.05, 4.69) is 23.3 Å². The lowest BCUT2D eigenvalue weighted by Gasteiger charge is -2.29. The Kier molecular flexibility index (Phi) is 5.38. The average molecular weight is 385 g/mol. The molecule has 0 saturated carbocycles. The van der Waals surface area contributed by atoms with E-state index in [1.165, 1.54) is 11.8 Å². The van der Waals surface area contributed by atoms with Gasteiger partial charge in [0.15, 0.2) is 0 Å². The Morgan fingerprint density at radius 1 is 1.07 bits per heavy atom. The van der Waals surface area contributed by atoms with Crippen LogP contribution in [0.25, 0.3) is 0 Å². The van der Waals surface area contributed by atoms with Gasteiger partial charge in [0.1, 0.15) is 5.69 Å². The molecule has 0 fully saturated rings. The maximum absolute atomic E-state index is 13.1. The molecule has 0 atom stereocenters. The highest BCUT2D eigenvalue weighted by molar-refractivity contribution is 6.09. The van der Waals surface area contributed by atoms with Gasteiger partial charge < -0.3 is 10.2 Å². The van der Waals surface area contributed by atoms with Crippen molar-refractivity contribution in [2.24, 2.45) is 0 Å². The molecule has 0 saturated heterocycles. The molecule has 2 amide bonds. The molecule has 0 radical (unpaired) electrons. The smallest absolute Gasteiger partial charge is 0.276 e. The minimum absolute atomic E-state index is 0.181. The number of carbonyl (C=O) groups is 2. The molecule has 0 bridgehead atoms. The zero-order valence-corrected chi connectivity index (χ0v) is 16.4. The molecule has 5 nitrogen and oxygen atoms in total. The summed E-state index contributed by atoms with van der Waals surface area (Å²) in [5, 5.41) is 2.88. The Morgan fingerprint density at radius 3 is 2.66 bits per heavy atom. The molecule has 4 rings (SSSR count). The van der Waals surface area contributed by atoms with Crippen LogP contribution in [0.15, 0.2) is 66.9 Å². The molecule has 0 spiro atoms. The summed E-state index contributed by atoms with van der Waals surface area (Å²) in [6.07, 6.45) is 4.34. The fourth-order valence-corrected chi connectivity index (χ4v) is 3.60. The van der Waals surface area contributed by atoms with E-state index in [4.69, 9.17) is 0 Å². The summed E-state index contributed by atoms with van der Waals surface area (Å²) in [5.41, 5.74) is 4.71. The van der Waals surface area contributed by atoms with E-state index in [9.17, 15) is 9.59 Å². The number of carbonyl (C=O) groups excluding carboxylic acids is 2. The maximum atomic E-state index is 13.1. The first-order valence-electron chi connectivity index (χ1n) is 9.92. The van der Waals surface area contributed by atoms with Gasteiger partial charge in [-0.3, -0.25) is 14.6 Å². The summed E-state index contributed by atoms with van der Waals surface area (Å²) in [5.74, 6) is -0.441. The highest BCUT2D eigenvalue weighted by Crippen LogP contribution is 2.28. The second kappa shape index (κ2) is 8.27. The lowest BCUT2D eigenvalue weighted by atomic mass is 10.0. The van der Waals surface area contributed by atoms with E-state index in [1.807, 2.05) is 42.5 Å². The molecular weight excluding hydrogens is 362 g/mol. The summed E-state index contributed by atoms with van der Waals surface area (Å²) in [7, 11) is 0. The van der Waals surface area contributed by atoms with Crippen LogP contribution in [0.1, 0.15) is 45.3 Å². The van der Waals surface area contributed by atoms with Crippen molar-refractivity contribution in [3.8, 4) is 0 Å². The number of nitrogens with zero attached hydrogens (tertiary/aromatic N) is 2. The van der Waals surface area contributed by atoms with E-state index in [0.29, 0.717) is 12.1 Å². The Labute approximate surface area is 170 Å². The highest BCUT2D eigenvalue weighted by atomic mass is 16.2. The zero-order chi connectivity index (χ0) is 20.2. The number of anilines is 2. The average Bonchev–Trinajstić information content (AvgIpc) is 2.79. The standard InChI is InChI=1S/C24H23N3O2/c1-2-17-9-11-20(12-10-17)26-23(28)19-13-14-25-21(16-19)24(29)27-15-5-7-18-6-3-4-8-22(18)27/h3-4,6,8-14,16H,2,5,7,15H2,1H3,(H,26,28). The van der Waals surface area contributed by atoms with Gasteiger partial charge in [-0.25, -0.2) is 0 Å². The van der Waals surface area contributed by atoms with Crippen LogP contribution in [-0.4, -0.2) is 23.3 Å². The second-order valence-electron chi connectivity index (χ2n) is 7.12. The van der Waals surface area contributed by atoms with E-state index in [1.54, 1.807) is 17.0 Å². The van der Waals surface area contributed by atoms with Crippen molar-refractivity contribution in [3.05, 3.63) is 89.2 Å². The molecule has 1 aromatic heterocycles. The number of hydrogen-bond donors (Lipinski definition) is 1. The minimum atomic E-state index is -0.259. The van der Waals surface area contributed by atoms with Crippen LogP contribution >= 0.6 is 0 Å². The van der Waals surface area contributed by atoms with Crippen LogP contribution in [-0.2, 0) is 12.8 Å². The highest BCUT2D eigenvalue weighted by Gasteiger charge is 2.24. The molecule has 1 aliphatic rings. The van der Waals surface area contributed by atoms with Crippen molar-refractivity contribution in [1.29, 1.82) is 0 Å². The molecule has 0 unspecified atom stereocenters. The molecule has 146 valence electrons. The first kappa shape index (κ1) is 18.9. The van der Waals surface area contributed by atoms with Crippen LogP contribution in [0, 0.1) is 0 Å². The minimum Gasteiger partial charge on any atom is -0.322 e. The van der Waals surface area contributed by atoms with Crippen LogP contribution in [0.5, 0.6) is 0 Å². The fraction of sp³-hybridized carbons (Fsp3) is 0.208. The molecule has 5 heteroatoms. The van der Waals surface area contributed by atoms with Crippen LogP contribution in [0.2, 0.25) is 0 Å². The number of hydrogen-bond acceptors (Lipinski definition) is 3. The molecule has 2 heterocycles. The zero-order valence-electron chi connectivity index (χ0n) is 16.4. The third-order valence-electron chi connectivity index (χ3n) is 5.22. The van der Waals surface area contributed by atoms with Crippen molar-refractivity contribution in [3.63, 3.8) is 0 Å². The quantitative estimate of drug-likeness (QED) is 0.720. The number of benzene rings is 2. The van der Waals surface area contributed by atoms with E-state index < -0.39 is 0 Å². The van der Waals surface area contributed by atoms with E-state index in [-0.39, 0.29) is 17.5 Å². The largest absolute Gasteiger partial charge is 0.322 e. The summed E-state index contributed by atoms with van der Waals surface area (Å²) < 4.78 is 0. The number of rotatable bonds is 4. The maximum Gasteiger partial charge on any atom is 0.276 e. The normalized spacial score (nSPS) is 12.9. The monoisotopic (exact) mass is 385 g/mol. The van der Waals surface area contributed by atoms with Gasteiger partial charge in [0.05, 0.1) is 0 Å². The Morgan fingerprint density at radius 2 is 1.86 bits per heavy atom.